The van der Waals surface area contributed by atoms with Crippen LogP contribution in [0, 0.1) is 0 Å². The van der Waals surface area contributed by atoms with E-state index in [0.717, 1.165) is 12.8 Å². The summed E-state index contributed by atoms with van der Waals surface area (Å²) in [5.74, 6) is 0. The van der Waals surface area contributed by atoms with Gasteiger partial charge in [0, 0.05) is 5.02 Å². The van der Waals surface area contributed by atoms with Gasteiger partial charge in [-0.3, -0.25) is 0 Å². The van der Waals surface area contributed by atoms with Gasteiger partial charge in [-0.1, -0.05) is 35.9 Å². The van der Waals surface area contributed by atoms with Crippen LogP contribution in [0.15, 0.2) is 42.5 Å². The van der Waals surface area contributed by atoms with E-state index < -0.39 is 0 Å². The number of rotatable bonds is 2. The first-order valence-corrected chi connectivity index (χ1v) is 7.21. The second-order valence-corrected chi connectivity index (χ2v) is 5.56. The molecule has 1 aliphatic rings. The van der Waals surface area contributed by atoms with Crippen molar-refractivity contribution in [3.05, 3.63) is 58.6 Å². The zero-order valence-electron chi connectivity index (χ0n) is 11.4. The van der Waals surface area contributed by atoms with Gasteiger partial charge in [0.2, 0.25) is 0 Å². The highest BCUT2D eigenvalue weighted by Crippen LogP contribution is 2.31. The van der Waals surface area contributed by atoms with Crippen molar-refractivity contribution in [2.45, 2.75) is 18.9 Å². The molecule has 3 rings (SSSR count). The van der Waals surface area contributed by atoms with E-state index >= 15 is 0 Å². The number of anilines is 2. The summed E-state index contributed by atoms with van der Waals surface area (Å²) in [5.41, 5.74) is 9.33. The number of halogens is 1. The highest BCUT2D eigenvalue weighted by molar-refractivity contribution is 6.31. The Hall–Kier alpha value is -2.20. The first kappa shape index (κ1) is 13.8. The van der Waals surface area contributed by atoms with E-state index in [9.17, 15) is 4.79 Å². The van der Waals surface area contributed by atoms with Crippen LogP contribution in [0.4, 0.5) is 16.2 Å². The predicted octanol–water partition coefficient (Wildman–Crippen LogP) is 3.73. The fraction of sp³-hybridized carbons (Fsp3) is 0.188. The van der Waals surface area contributed by atoms with E-state index in [1.165, 1.54) is 11.1 Å². The largest absolute Gasteiger partial charge is 0.397 e. The number of nitrogens with one attached hydrogen (secondary N) is 2. The molecule has 5 heteroatoms. The molecule has 2 aromatic rings. The number of carbonyl (C=O) groups excluding carboxylic acids is 1. The molecular formula is C16H16ClN3O. The molecule has 0 heterocycles. The van der Waals surface area contributed by atoms with Gasteiger partial charge in [-0.15, -0.1) is 0 Å². The fourth-order valence-corrected chi connectivity index (χ4v) is 2.85. The molecule has 2 aromatic carbocycles. The summed E-state index contributed by atoms with van der Waals surface area (Å²) in [5, 5.41) is 6.29. The first-order valence-electron chi connectivity index (χ1n) is 6.84. The maximum Gasteiger partial charge on any atom is 0.319 e. The molecule has 0 fully saturated rings. The van der Waals surface area contributed by atoms with Crippen molar-refractivity contribution >= 4 is 29.0 Å². The SMILES string of the molecule is Nc1cc(Cl)ccc1NC(=O)N[C@@H]1CCc2ccccc21. The zero-order valence-corrected chi connectivity index (χ0v) is 12.2. The first-order chi connectivity index (χ1) is 10.1. The van der Waals surface area contributed by atoms with Gasteiger partial charge in [-0.2, -0.15) is 0 Å². The maximum atomic E-state index is 12.1. The monoisotopic (exact) mass is 301 g/mol. The van der Waals surface area contributed by atoms with Gasteiger partial charge in [-0.25, -0.2) is 4.79 Å². The predicted molar refractivity (Wildman–Crippen MR) is 85.5 cm³/mol. The molecule has 0 aliphatic heterocycles. The van der Waals surface area contributed by atoms with Crippen LogP contribution >= 0.6 is 11.6 Å². The Balaban J connectivity index is 1.68. The third-order valence-electron chi connectivity index (χ3n) is 3.70. The van der Waals surface area contributed by atoms with Crippen LogP contribution in [0.5, 0.6) is 0 Å². The van der Waals surface area contributed by atoms with Crippen molar-refractivity contribution in [2.75, 3.05) is 11.1 Å². The molecule has 21 heavy (non-hydrogen) atoms. The van der Waals surface area contributed by atoms with Gasteiger partial charge < -0.3 is 16.4 Å². The van der Waals surface area contributed by atoms with E-state index in [2.05, 4.69) is 22.8 Å². The van der Waals surface area contributed by atoms with E-state index in [1.807, 2.05) is 12.1 Å². The van der Waals surface area contributed by atoms with Crippen molar-refractivity contribution in [3.63, 3.8) is 0 Å². The minimum atomic E-state index is -0.259. The molecule has 0 radical (unpaired) electrons. The summed E-state index contributed by atoms with van der Waals surface area (Å²) >= 11 is 5.84. The minimum absolute atomic E-state index is 0.0507. The lowest BCUT2D eigenvalue weighted by Gasteiger charge is -2.15. The zero-order chi connectivity index (χ0) is 14.8. The van der Waals surface area contributed by atoms with Crippen molar-refractivity contribution in [1.29, 1.82) is 0 Å². The van der Waals surface area contributed by atoms with Crippen molar-refractivity contribution in [3.8, 4) is 0 Å². The van der Waals surface area contributed by atoms with E-state index in [4.69, 9.17) is 17.3 Å². The lowest BCUT2D eigenvalue weighted by Crippen LogP contribution is -2.31. The normalized spacial score (nSPS) is 16.3. The molecule has 108 valence electrons. The molecule has 0 saturated heterocycles. The molecule has 0 unspecified atom stereocenters. The standard InChI is InChI=1S/C16H16ClN3O/c17-11-6-8-15(13(18)9-11)20-16(21)19-14-7-5-10-3-1-2-4-12(10)14/h1-4,6,8-9,14H,5,7,18H2,(H2,19,20,21)/t14-/m1/s1. The molecule has 4 nitrogen and oxygen atoms in total. The Bertz CT molecular complexity index is 687. The number of nitrogen functional groups attached to an aromatic ring is 1. The van der Waals surface area contributed by atoms with Crippen LogP contribution in [0.25, 0.3) is 0 Å². The van der Waals surface area contributed by atoms with Crippen molar-refractivity contribution in [1.82, 2.24) is 5.32 Å². The third kappa shape index (κ3) is 2.95. The number of fused-ring (bicyclic) bond motifs is 1. The summed E-state index contributed by atoms with van der Waals surface area (Å²) in [6.45, 7) is 0. The molecule has 0 spiro atoms. The van der Waals surface area contributed by atoms with Crippen LogP contribution in [0.3, 0.4) is 0 Å². The molecule has 1 aliphatic carbocycles. The summed E-state index contributed by atoms with van der Waals surface area (Å²) in [6, 6.07) is 13.0. The Morgan fingerprint density at radius 2 is 2.05 bits per heavy atom. The molecule has 2 amide bonds. The smallest absolute Gasteiger partial charge is 0.319 e. The summed E-state index contributed by atoms with van der Waals surface area (Å²) in [4.78, 5) is 12.1. The average molecular weight is 302 g/mol. The number of urea groups is 1. The van der Waals surface area contributed by atoms with Crippen molar-refractivity contribution < 1.29 is 4.79 Å². The molecule has 1 atom stereocenters. The second-order valence-electron chi connectivity index (χ2n) is 5.12. The minimum Gasteiger partial charge on any atom is -0.397 e. The van der Waals surface area contributed by atoms with Gasteiger partial charge >= 0.3 is 6.03 Å². The molecule has 0 aromatic heterocycles. The van der Waals surface area contributed by atoms with Gasteiger partial charge in [0.25, 0.3) is 0 Å². The lowest BCUT2D eigenvalue weighted by atomic mass is 10.1. The summed E-state index contributed by atoms with van der Waals surface area (Å²) < 4.78 is 0. The Labute approximate surface area is 128 Å². The summed E-state index contributed by atoms with van der Waals surface area (Å²) in [7, 11) is 0. The number of benzene rings is 2. The lowest BCUT2D eigenvalue weighted by molar-refractivity contribution is 0.248. The number of hydrogen-bond acceptors (Lipinski definition) is 2. The number of amides is 2. The number of carbonyl (C=O) groups is 1. The fourth-order valence-electron chi connectivity index (χ4n) is 2.67. The van der Waals surface area contributed by atoms with E-state index in [1.54, 1.807) is 18.2 Å². The number of hydrogen-bond donors (Lipinski definition) is 3. The maximum absolute atomic E-state index is 12.1. The van der Waals surface area contributed by atoms with Crippen LogP contribution in [-0.4, -0.2) is 6.03 Å². The Morgan fingerprint density at radius 3 is 2.86 bits per heavy atom. The van der Waals surface area contributed by atoms with Crippen LogP contribution < -0.4 is 16.4 Å². The molecule has 0 bridgehead atoms. The molecule has 0 saturated carbocycles. The van der Waals surface area contributed by atoms with Crippen molar-refractivity contribution in [2.24, 2.45) is 0 Å². The van der Waals surface area contributed by atoms with E-state index in [0.29, 0.717) is 16.4 Å². The van der Waals surface area contributed by atoms with Gasteiger partial charge in [0.15, 0.2) is 0 Å². The Morgan fingerprint density at radius 1 is 1.24 bits per heavy atom. The molecular weight excluding hydrogens is 286 g/mol. The highest BCUT2D eigenvalue weighted by atomic mass is 35.5. The summed E-state index contributed by atoms with van der Waals surface area (Å²) in [6.07, 6.45) is 1.91. The topological polar surface area (TPSA) is 67.1 Å². The van der Waals surface area contributed by atoms with Gasteiger partial charge in [0.05, 0.1) is 17.4 Å². The number of nitrogens with two attached hydrogens (primary N) is 1. The third-order valence-corrected chi connectivity index (χ3v) is 3.94. The second kappa shape index (κ2) is 5.66. The average Bonchev–Trinajstić information content (AvgIpc) is 2.85. The van der Waals surface area contributed by atoms with Gasteiger partial charge in [-0.05, 0) is 42.2 Å². The number of aryl methyl sites for hydroxylation is 1. The van der Waals surface area contributed by atoms with E-state index in [-0.39, 0.29) is 12.1 Å². The molecule has 4 N–H and O–H groups in total. The van der Waals surface area contributed by atoms with Crippen LogP contribution in [0.2, 0.25) is 5.02 Å². The van der Waals surface area contributed by atoms with Crippen LogP contribution in [0.1, 0.15) is 23.6 Å². The highest BCUT2D eigenvalue weighted by Gasteiger charge is 2.23. The van der Waals surface area contributed by atoms with Gasteiger partial charge in [0.1, 0.15) is 0 Å². The quantitative estimate of drug-likeness (QED) is 0.740. The Kier molecular flexibility index (Phi) is 3.71. The van der Waals surface area contributed by atoms with Crippen LogP contribution in [-0.2, 0) is 6.42 Å².